The monoisotopic (exact) mass is 294 g/mol. The zero-order chi connectivity index (χ0) is 15.1. The van der Waals surface area contributed by atoms with Crippen LogP contribution in [0.2, 0.25) is 0 Å². The second-order valence-corrected chi connectivity index (χ2v) is 7.64. The lowest BCUT2D eigenvalue weighted by Gasteiger charge is -2.22. The van der Waals surface area contributed by atoms with Crippen molar-refractivity contribution in [1.82, 2.24) is 10.6 Å². The predicted octanol–water partition coefficient (Wildman–Crippen LogP) is 0.364. The summed E-state index contributed by atoms with van der Waals surface area (Å²) in [6.07, 6.45) is 2.25. The Balaban J connectivity index is 3.86. The Morgan fingerprint density at radius 2 is 1.74 bits per heavy atom. The van der Waals surface area contributed by atoms with Gasteiger partial charge in [-0.1, -0.05) is 0 Å². The van der Waals surface area contributed by atoms with Gasteiger partial charge in [0.2, 0.25) is 0 Å². The number of sulfone groups is 1. The number of rotatable bonds is 8. The number of carboxylic acids is 1. The van der Waals surface area contributed by atoms with Crippen LogP contribution in [0.3, 0.4) is 0 Å². The van der Waals surface area contributed by atoms with Gasteiger partial charge in [-0.2, -0.15) is 0 Å². The van der Waals surface area contributed by atoms with Gasteiger partial charge in [0.15, 0.2) is 9.84 Å². The second-order valence-electron chi connectivity index (χ2n) is 4.99. The van der Waals surface area contributed by atoms with E-state index in [2.05, 4.69) is 10.6 Å². The summed E-state index contributed by atoms with van der Waals surface area (Å²) in [6.45, 7) is 3.45. The van der Waals surface area contributed by atoms with Crippen LogP contribution < -0.4 is 10.6 Å². The summed E-state index contributed by atoms with van der Waals surface area (Å²) in [7, 11) is -3.24. The van der Waals surface area contributed by atoms with Gasteiger partial charge in [-0.05, 0) is 26.7 Å². The molecule has 0 heterocycles. The standard InChI is InChI=1S/C11H22N2O5S/c1-11(2,19(3,17)18)8-13-10(16)12-7-5-4-6-9(14)15/h4-8H2,1-3H3,(H,14,15)(H2,12,13,16). The van der Waals surface area contributed by atoms with Crippen LogP contribution in [0.15, 0.2) is 0 Å². The Labute approximate surface area is 113 Å². The third-order valence-corrected chi connectivity index (χ3v) is 4.93. The zero-order valence-electron chi connectivity index (χ0n) is 11.5. The van der Waals surface area contributed by atoms with E-state index in [0.29, 0.717) is 19.4 Å². The van der Waals surface area contributed by atoms with Gasteiger partial charge in [-0.3, -0.25) is 4.79 Å². The number of amides is 2. The van der Waals surface area contributed by atoms with Gasteiger partial charge in [0.05, 0.1) is 4.75 Å². The molecule has 0 radical (unpaired) electrons. The summed E-state index contributed by atoms with van der Waals surface area (Å²) >= 11 is 0. The van der Waals surface area contributed by atoms with Crippen LogP contribution in [0, 0.1) is 0 Å². The van der Waals surface area contributed by atoms with Crippen molar-refractivity contribution in [3.05, 3.63) is 0 Å². The lowest BCUT2D eigenvalue weighted by molar-refractivity contribution is -0.137. The van der Waals surface area contributed by atoms with E-state index < -0.39 is 26.6 Å². The van der Waals surface area contributed by atoms with E-state index in [9.17, 15) is 18.0 Å². The van der Waals surface area contributed by atoms with Gasteiger partial charge >= 0.3 is 12.0 Å². The minimum atomic E-state index is -3.24. The predicted molar refractivity (Wildman–Crippen MR) is 71.8 cm³/mol. The molecular weight excluding hydrogens is 272 g/mol. The average molecular weight is 294 g/mol. The van der Waals surface area contributed by atoms with Gasteiger partial charge in [0, 0.05) is 25.8 Å². The average Bonchev–Trinajstić information content (AvgIpc) is 2.24. The maximum atomic E-state index is 11.4. The highest BCUT2D eigenvalue weighted by atomic mass is 32.2. The molecule has 0 saturated heterocycles. The first-order chi connectivity index (χ1) is 8.56. The second kappa shape index (κ2) is 7.32. The molecule has 19 heavy (non-hydrogen) atoms. The minimum Gasteiger partial charge on any atom is -0.481 e. The highest BCUT2D eigenvalue weighted by molar-refractivity contribution is 7.92. The summed E-state index contributed by atoms with van der Waals surface area (Å²) in [6, 6.07) is -0.452. The number of carboxylic acid groups (broad SMARTS) is 1. The van der Waals surface area contributed by atoms with Crippen LogP contribution >= 0.6 is 0 Å². The minimum absolute atomic E-state index is 0.0206. The summed E-state index contributed by atoms with van der Waals surface area (Å²) in [5.41, 5.74) is 0. The molecule has 3 N–H and O–H groups in total. The van der Waals surface area contributed by atoms with E-state index in [0.717, 1.165) is 6.26 Å². The number of hydrogen-bond donors (Lipinski definition) is 3. The Kier molecular flexibility index (Phi) is 6.82. The topological polar surface area (TPSA) is 113 Å². The fourth-order valence-corrected chi connectivity index (χ4v) is 1.42. The molecule has 0 rings (SSSR count). The first-order valence-electron chi connectivity index (χ1n) is 5.99. The molecule has 0 spiro atoms. The molecule has 2 amide bonds. The fourth-order valence-electron chi connectivity index (χ4n) is 1.09. The molecular formula is C11H22N2O5S. The summed E-state index contributed by atoms with van der Waals surface area (Å²) in [4.78, 5) is 21.6. The third kappa shape index (κ3) is 7.66. The molecule has 8 heteroatoms. The fraction of sp³-hybridized carbons (Fsp3) is 0.818. The van der Waals surface area contributed by atoms with Crippen molar-refractivity contribution < 1.29 is 23.1 Å². The van der Waals surface area contributed by atoms with Crippen molar-refractivity contribution >= 4 is 21.8 Å². The number of carbonyl (C=O) groups is 2. The Bertz CT molecular complexity index is 417. The quantitative estimate of drug-likeness (QED) is 0.560. The number of carbonyl (C=O) groups excluding carboxylic acids is 1. The van der Waals surface area contributed by atoms with E-state index in [1.807, 2.05) is 0 Å². The van der Waals surface area contributed by atoms with Crippen LogP contribution in [0.5, 0.6) is 0 Å². The molecule has 0 aromatic heterocycles. The van der Waals surface area contributed by atoms with Crippen molar-refractivity contribution in [3.8, 4) is 0 Å². The van der Waals surface area contributed by atoms with E-state index in [1.54, 1.807) is 0 Å². The highest BCUT2D eigenvalue weighted by Crippen LogP contribution is 2.13. The molecule has 0 fully saturated rings. The maximum Gasteiger partial charge on any atom is 0.314 e. The molecule has 112 valence electrons. The van der Waals surface area contributed by atoms with Crippen molar-refractivity contribution in [2.75, 3.05) is 19.3 Å². The van der Waals surface area contributed by atoms with Crippen LogP contribution in [-0.2, 0) is 14.6 Å². The molecule has 0 atom stereocenters. The number of urea groups is 1. The molecule has 0 unspecified atom stereocenters. The maximum absolute atomic E-state index is 11.4. The first-order valence-corrected chi connectivity index (χ1v) is 7.88. The Hall–Kier alpha value is -1.31. The lowest BCUT2D eigenvalue weighted by atomic mass is 10.2. The summed E-state index contributed by atoms with van der Waals surface area (Å²) < 4.78 is 21.8. The zero-order valence-corrected chi connectivity index (χ0v) is 12.3. The first kappa shape index (κ1) is 17.7. The lowest BCUT2D eigenvalue weighted by Crippen LogP contribution is -2.47. The number of aliphatic carboxylic acids is 1. The van der Waals surface area contributed by atoms with E-state index in [1.165, 1.54) is 13.8 Å². The number of unbranched alkanes of at least 4 members (excludes halogenated alkanes) is 1. The normalized spacial score (nSPS) is 11.9. The smallest absolute Gasteiger partial charge is 0.314 e. The van der Waals surface area contributed by atoms with E-state index >= 15 is 0 Å². The molecule has 0 aromatic rings. The molecule has 0 aliphatic carbocycles. The Morgan fingerprint density at radius 3 is 2.21 bits per heavy atom. The Morgan fingerprint density at radius 1 is 1.16 bits per heavy atom. The van der Waals surface area contributed by atoms with Gasteiger partial charge in [0.25, 0.3) is 0 Å². The van der Waals surface area contributed by atoms with Crippen LogP contribution in [0.4, 0.5) is 4.79 Å². The van der Waals surface area contributed by atoms with Gasteiger partial charge < -0.3 is 15.7 Å². The highest BCUT2D eigenvalue weighted by Gasteiger charge is 2.30. The van der Waals surface area contributed by atoms with Crippen LogP contribution in [0.25, 0.3) is 0 Å². The summed E-state index contributed by atoms with van der Waals surface area (Å²) in [5, 5.41) is 13.4. The molecule has 7 nitrogen and oxygen atoms in total. The van der Waals surface area contributed by atoms with Crippen LogP contribution in [-0.4, -0.2) is 49.6 Å². The van der Waals surface area contributed by atoms with Crippen molar-refractivity contribution in [2.45, 2.75) is 37.9 Å². The SMILES string of the molecule is CC(C)(CNC(=O)NCCCCC(=O)O)S(C)(=O)=O. The van der Waals surface area contributed by atoms with Crippen molar-refractivity contribution in [3.63, 3.8) is 0 Å². The number of nitrogens with one attached hydrogen (secondary N) is 2. The summed E-state index contributed by atoms with van der Waals surface area (Å²) in [5.74, 6) is -0.862. The number of hydrogen-bond acceptors (Lipinski definition) is 4. The van der Waals surface area contributed by atoms with Crippen molar-refractivity contribution in [1.29, 1.82) is 0 Å². The third-order valence-electron chi connectivity index (χ3n) is 2.78. The van der Waals surface area contributed by atoms with Crippen LogP contribution in [0.1, 0.15) is 33.1 Å². The van der Waals surface area contributed by atoms with E-state index in [-0.39, 0.29) is 13.0 Å². The molecule has 0 aliphatic heterocycles. The van der Waals surface area contributed by atoms with Gasteiger partial charge in [-0.25, -0.2) is 13.2 Å². The van der Waals surface area contributed by atoms with E-state index in [4.69, 9.17) is 5.11 Å². The largest absolute Gasteiger partial charge is 0.481 e. The van der Waals surface area contributed by atoms with Crippen molar-refractivity contribution in [2.24, 2.45) is 0 Å². The molecule has 0 aromatic carbocycles. The molecule has 0 bridgehead atoms. The van der Waals surface area contributed by atoms with Gasteiger partial charge in [-0.15, -0.1) is 0 Å². The molecule has 0 aliphatic rings. The van der Waals surface area contributed by atoms with Gasteiger partial charge in [0.1, 0.15) is 0 Å². The molecule has 0 saturated carbocycles.